The Kier molecular flexibility index (Phi) is 4.52. The van der Waals surface area contributed by atoms with E-state index in [0.717, 1.165) is 34.9 Å². The van der Waals surface area contributed by atoms with Gasteiger partial charge in [0.05, 0.1) is 18.1 Å². The highest BCUT2D eigenvalue weighted by molar-refractivity contribution is 8.18. The number of methoxy groups -OCH3 is 1. The molecule has 0 bridgehead atoms. The molecule has 0 atom stereocenters. The molecule has 2 fully saturated rings. The molecule has 1 aliphatic carbocycles. The summed E-state index contributed by atoms with van der Waals surface area (Å²) in [4.78, 5) is 17.4. The minimum Gasteiger partial charge on any atom is -0.496 e. The first kappa shape index (κ1) is 15.2. The van der Waals surface area contributed by atoms with E-state index in [2.05, 4.69) is 10.3 Å². The number of aliphatic imine (C=N–C) groups is 1. The molecule has 0 spiro atoms. The largest absolute Gasteiger partial charge is 0.496 e. The van der Waals surface area contributed by atoms with Crippen molar-refractivity contribution in [3.63, 3.8) is 0 Å². The lowest BCUT2D eigenvalue weighted by molar-refractivity contribution is -0.115. The van der Waals surface area contributed by atoms with E-state index in [1.165, 1.54) is 24.6 Å². The van der Waals surface area contributed by atoms with Gasteiger partial charge in [-0.2, -0.15) is 0 Å². The molecular formula is C17H20N2O2S. The third kappa shape index (κ3) is 3.35. The fourth-order valence-electron chi connectivity index (χ4n) is 2.83. The van der Waals surface area contributed by atoms with Gasteiger partial charge in [0, 0.05) is 0 Å². The molecule has 3 rings (SSSR count). The van der Waals surface area contributed by atoms with Crippen molar-refractivity contribution >= 4 is 28.9 Å². The Labute approximate surface area is 135 Å². The quantitative estimate of drug-likeness (QED) is 0.868. The van der Waals surface area contributed by atoms with Crippen molar-refractivity contribution in [2.24, 2.45) is 4.99 Å². The number of amidine groups is 1. The number of rotatable bonds is 3. The van der Waals surface area contributed by atoms with Crippen LogP contribution in [-0.4, -0.2) is 24.2 Å². The van der Waals surface area contributed by atoms with Crippen LogP contribution in [0.5, 0.6) is 5.75 Å². The minimum absolute atomic E-state index is 0.0600. The smallest absolute Gasteiger partial charge is 0.264 e. The van der Waals surface area contributed by atoms with E-state index in [4.69, 9.17) is 4.74 Å². The van der Waals surface area contributed by atoms with Gasteiger partial charge in [-0.1, -0.05) is 18.9 Å². The molecule has 5 heteroatoms. The fraction of sp³-hybridized carbons (Fsp3) is 0.412. The van der Waals surface area contributed by atoms with E-state index in [9.17, 15) is 4.79 Å². The number of hydrogen-bond acceptors (Lipinski definition) is 4. The van der Waals surface area contributed by atoms with Gasteiger partial charge in [0.2, 0.25) is 0 Å². The molecule has 2 aliphatic rings. The van der Waals surface area contributed by atoms with Crippen LogP contribution in [0.3, 0.4) is 0 Å². The van der Waals surface area contributed by atoms with Crippen molar-refractivity contribution in [3.05, 3.63) is 34.2 Å². The van der Waals surface area contributed by atoms with Crippen molar-refractivity contribution in [1.82, 2.24) is 5.32 Å². The highest BCUT2D eigenvalue weighted by Crippen LogP contribution is 2.29. The van der Waals surface area contributed by atoms with Crippen LogP contribution in [0.25, 0.3) is 6.08 Å². The third-order valence-electron chi connectivity index (χ3n) is 3.99. The van der Waals surface area contributed by atoms with Gasteiger partial charge in [0.25, 0.3) is 5.91 Å². The minimum atomic E-state index is -0.0600. The molecule has 1 heterocycles. The molecule has 0 radical (unpaired) electrons. The van der Waals surface area contributed by atoms with Crippen LogP contribution in [-0.2, 0) is 4.79 Å². The van der Waals surface area contributed by atoms with Crippen LogP contribution >= 0.6 is 11.8 Å². The number of nitrogens with one attached hydrogen (secondary N) is 1. The summed E-state index contributed by atoms with van der Waals surface area (Å²) in [7, 11) is 1.66. The lowest BCUT2D eigenvalue weighted by Gasteiger charge is -2.05. The SMILES string of the molecule is COc1ccc(C=C2SC(=NC3CCCC3)NC2=O)cc1C. The number of carbonyl (C=O) groups excluding carboxylic acids is 1. The summed E-state index contributed by atoms with van der Waals surface area (Å²) in [5.74, 6) is 0.796. The summed E-state index contributed by atoms with van der Waals surface area (Å²) < 4.78 is 5.26. The molecule has 1 saturated heterocycles. The van der Waals surface area contributed by atoms with Crippen molar-refractivity contribution in [3.8, 4) is 5.75 Å². The van der Waals surface area contributed by atoms with Crippen LogP contribution in [0.4, 0.5) is 0 Å². The highest BCUT2D eigenvalue weighted by atomic mass is 32.2. The van der Waals surface area contributed by atoms with Gasteiger partial charge in [0.15, 0.2) is 5.17 Å². The Morgan fingerprint density at radius 3 is 2.82 bits per heavy atom. The summed E-state index contributed by atoms with van der Waals surface area (Å²) in [6, 6.07) is 6.28. The second-order valence-electron chi connectivity index (χ2n) is 5.67. The Hall–Kier alpha value is -1.75. The maximum absolute atomic E-state index is 12.1. The number of ether oxygens (including phenoxy) is 1. The fourth-order valence-corrected chi connectivity index (χ4v) is 3.72. The van der Waals surface area contributed by atoms with Crippen LogP contribution in [0.15, 0.2) is 28.1 Å². The van der Waals surface area contributed by atoms with Gasteiger partial charge in [-0.25, -0.2) is 0 Å². The Morgan fingerprint density at radius 1 is 1.36 bits per heavy atom. The third-order valence-corrected chi connectivity index (χ3v) is 4.92. The maximum atomic E-state index is 12.1. The van der Waals surface area contributed by atoms with Crippen molar-refractivity contribution in [1.29, 1.82) is 0 Å². The molecule has 1 aromatic carbocycles. The lowest BCUT2D eigenvalue weighted by Crippen LogP contribution is -2.21. The molecule has 1 aromatic rings. The van der Waals surface area contributed by atoms with Crippen LogP contribution in [0.2, 0.25) is 0 Å². The monoisotopic (exact) mass is 316 g/mol. The summed E-state index contributed by atoms with van der Waals surface area (Å²) in [5.41, 5.74) is 2.05. The van der Waals surface area contributed by atoms with Gasteiger partial charge in [-0.3, -0.25) is 9.79 Å². The number of benzene rings is 1. The zero-order valence-corrected chi connectivity index (χ0v) is 13.7. The van der Waals surface area contributed by atoms with Crippen LogP contribution < -0.4 is 10.1 Å². The molecule has 1 aliphatic heterocycles. The zero-order chi connectivity index (χ0) is 15.5. The molecular weight excluding hydrogens is 296 g/mol. The zero-order valence-electron chi connectivity index (χ0n) is 12.9. The molecule has 0 aromatic heterocycles. The Bertz CT molecular complexity index is 646. The average molecular weight is 316 g/mol. The van der Waals surface area contributed by atoms with E-state index < -0.39 is 0 Å². The summed E-state index contributed by atoms with van der Waals surface area (Å²) in [5, 5.41) is 3.61. The number of hydrogen-bond donors (Lipinski definition) is 1. The molecule has 4 nitrogen and oxygen atoms in total. The van der Waals surface area contributed by atoms with Gasteiger partial charge >= 0.3 is 0 Å². The van der Waals surface area contributed by atoms with E-state index in [0.29, 0.717) is 10.9 Å². The average Bonchev–Trinajstić information content (AvgIpc) is 3.10. The van der Waals surface area contributed by atoms with E-state index in [1.54, 1.807) is 7.11 Å². The second-order valence-corrected chi connectivity index (χ2v) is 6.70. The molecule has 1 N–H and O–H groups in total. The van der Waals surface area contributed by atoms with Gasteiger partial charge in [-0.05, 0) is 60.9 Å². The topological polar surface area (TPSA) is 50.7 Å². The van der Waals surface area contributed by atoms with Crippen molar-refractivity contribution in [2.45, 2.75) is 38.6 Å². The summed E-state index contributed by atoms with van der Waals surface area (Å²) in [6.45, 7) is 2.00. The van der Waals surface area contributed by atoms with Crippen LogP contribution in [0, 0.1) is 6.92 Å². The van der Waals surface area contributed by atoms with Crippen molar-refractivity contribution in [2.75, 3.05) is 7.11 Å². The first-order chi connectivity index (χ1) is 10.7. The summed E-state index contributed by atoms with van der Waals surface area (Å²) >= 11 is 1.44. The van der Waals surface area contributed by atoms with Crippen molar-refractivity contribution < 1.29 is 9.53 Å². The molecule has 0 unspecified atom stereocenters. The Balaban J connectivity index is 1.76. The summed E-state index contributed by atoms with van der Waals surface area (Å²) in [6.07, 6.45) is 6.67. The van der Waals surface area contributed by atoms with E-state index in [-0.39, 0.29) is 5.91 Å². The van der Waals surface area contributed by atoms with Gasteiger partial charge < -0.3 is 10.1 Å². The normalized spacial score (nSPS) is 22.5. The highest BCUT2D eigenvalue weighted by Gasteiger charge is 2.25. The van der Waals surface area contributed by atoms with Crippen LogP contribution in [0.1, 0.15) is 36.8 Å². The number of amides is 1. The Morgan fingerprint density at radius 2 is 2.14 bits per heavy atom. The number of carbonyl (C=O) groups is 1. The molecule has 1 saturated carbocycles. The van der Waals surface area contributed by atoms with Gasteiger partial charge in [-0.15, -0.1) is 0 Å². The van der Waals surface area contributed by atoms with E-state index >= 15 is 0 Å². The number of aryl methyl sites for hydroxylation is 1. The number of thioether (sulfide) groups is 1. The molecule has 22 heavy (non-hydrogen) atoms. The van der Waals surface area contributed by atoms with Gasteiger partial charge in [0.1, 0.15) is 5.75 Å². The first-order valence-electron chi connectivity index (χ1n) is 7.59. The second kappa shape index (κ2) is 6.57. The maximum Gasteiger partial charge on any atom is 0.264 e. The van der Waals surface area contributed by atoms with E-state index in [1.807, 2.05) is 31.2 Å². The number of nitrogens with zero attached hydrogens (tertiary/aromatic N) is 1. The molecule has 1 amide bonds. The predicted octanol–water partition coefficient (Wildman–Crippen LogP) is 3.51. The molecule has 116 valence electrons. The predicted molar refractivity (Wildman–Crippen MR) is 91.1 cm³/mol. The first-order valence-corrected chi connectivity index (χ1v) is 8.40. The standard InChI is InChI=1S/C17H20N2O2S/c1-11-9-12(7-8-14(11)21-2)10-15-16(20)19-17(22-15)18-13-5-3-4-6-13/h7-10,13H,3-6H2,1-2H3,(H,18,19,20). The lowest BCUT2D eigenvalue weighted by atomic mass is 10.1.